The number of nitrogens with one attached hydrogen (secondary N) is 5. The molecule has 3 heterocycles. The van der Waals surface area contributed by atoms with Crippen molar-refractivity contribution in [1.82, 2.24) is 45.6 Å². The maximum Gasteiger partial charge on any atom is 0.326 e. The van der Waals surface area contributed by atoms with Crippen LogP contribution >= 0.6 is 0 Å². The summed E-state index contributed by atoms with van der Waals surface area (Å²) in [5.41, 5.74) is 0.572. The Bertz CT molecular complexity index is 2390. The number of rotatable bonds is 29. The van der Waals surface area contributed by atoms with Crippen molar-refractivity contribution in [1.29, 1.82) is 0 Å². The molecule has 1 fully saturated rings. The zero-order valence-corrected chi connectivity index (χ0v) is 45.2. The van der Waals surface area contributed by atoms with Crippen molar-refractivity contribution >= 4 is 59.3 Å². The van der Waals surface area contributed by atoms with E-state index in [1.165, 1.54) is 0 Å². The molecular formula is C52H80N12O14. The third kappa shape index (κ3) is 22.7. The molecule has 1 aromatic carbocycles. The number of carboxylic acid groups (broad SMARTS) is 4. The minimum Gasteiger partial charge on any atom is -0.511 e. The molecule has 78 heavy (non-hydrogen) atoms. The van der Waals surface area contributed by atoms with Crippen LogP contribution in [0.1, 0.15) is 90.0 Å². The van der Waals surface area contributed by atoms with E-state index in [1.807, 2.05) is 77.7 Å². The van der Waals surface area contributed by atoms with Crippen LogP contribution < -0.4 is 31.5 Å². The minimum atomic E-state index is -1.65. The fraction of sp³-hybridized carbons (Fsp3) is 0.596. The van der Waals surface area contributed by atoms with E-state index in [4.69, 9.17) is 10.1 Å². The first-order chi connectivity index (χ1) is 36.9. The number of aliphatic hydroxyl groups excluding tert-OH is 4. The van der Waals surface area contributed by atoms with Gasteiger partial charge in [0.25, 0.3) is 0 Å². The SMILES string of the molecule is CC(O)CC1(/C=C(/O)CN(C)C(C)Cc2ccc(Nc3nc(NCCCC[C@H](NC(=O)CC[C@H](NC(=O)N[C@@H](CCC(=O)O)C(=O)O)C(=O)O)C(=O)O)nc(N4CCCCC4)n3)cc2)C=C(O)CN(C)CCN(C)C/C(O)=C\1. The Kier molecular flexibility index (Phi) is 25.3. The van der Waals surface area contributed by atoms with Gasteiger partial charge in [0, 0.05) is 62.7 Å². The molecule has 6 atom stereocenters. The number of allylic oxidation sites excluding steroid dienone is 3. The summed E-state index contributed by atoms with van der Waals surface area (Å²) < 4.78 is 0. The van der Waals surface area contributed by atoms with E-state index in [0.717, 1.165) is 43.6 Å². The molecule has 1 saturated heterocycles. The van der Waals surface area contributed by atoms with Crippen LogP contribution in [0.15, 0.2) is 59.8 Å². The summed E-state index contributed by atoms with van der Waals surface area (Å²) in [5, 5.41) is 94.4. The van der Waals surface area contributed by atoms with Crippen molar-refractivity contribution in [2.24, 2.45) is 5.41 Å². The Labute approximate surface area is 454 Å². The lowest BCUT2D eigenvalue weighted by atomic mass is 9.80. The van der Waals surface area contributed by atoms with Crippen LogP contribution in [0, 0.1) is 5.41 Å². The molecule has 26 nitrogen and oxygen atoms in total. The smallest absolute Gasteiger partial charge is 0.326 e. The summed E-state index contributed by atoms with van der Waals surface area (Å²) in [6, 6.07) is 1.98. The first kappa shape index (κ1) is 63.2. The van der Waals surface area contributed by atoms with Gasteiger partial charge in [0.05, 0.1) is 25.7 Å². The van der Waals surface area contributed by atoms with Gasteiger partial charge in [-0.05, 0) is 135 Å². The number of carbonyl (C=O) groups excluding carboxylic acids is 2. The zero-order chi connectivity index (χ0) is 57.5. The number of hydrogen-bond acceptors (Lipinski definition) is 19. The van der Waals surface area contributed by atoms with Gasteiger partial charge in [-0.2, -0.15) is 15.0 Å². The van der Waals surface area contributed by atoms with Crippen LogP contribution in [-0.4, -0.2) is 210 Å². The molecule has 0 spiro atoms. The second kappa shape index (κ2) is 31.2. The average molecular weight is 1100 g/mol. The quantitative estimate of drug-likeness (QED) is 0.0410. The summed E-state index contributed by atoms with van der Waals surface area (Å²) in [6.07, 6.45) is 6.61. The highest BCUT2D eigenvalue weighted by Gasteiger charge is 2.31. The van der Waals surface area contributed by atoms with E-state index in [9.17, 15) is 64.5 Å². The second-order valence-electron chi connectivity index (χ2n) is 20.4. The molecule has 0 radical (unpaired) electrons. The normalized spacial score (nSPS) is 19.6. The molecule has 3 unspecified atom stereocenters. The monoisotopic (exact) mass is 1100 g/mol. The van der Waals surface area contributed by atoms with E-state index in [0.29, 0.717) is 56.7 Å². The Balaban J connectivity index is 1.34. The number of likely N-dealkylation sites (N-methyl/N-ethyl adjacent to an activating group) is 3. The lowest BCUT2D eigenvalue weighted by molar-refractivity contribution is -0.142. The predicted molar refractivity (Wildman–Crippen MR) is 290 cm³/mol. The van der Waals surface area contributed by atoms with Crippen LogP contribution in [0.5, 0.6) is 0 Å². The molecule has 2 aliphatic rings. The summed E-state index contributed by atoms with van der Waals surface area (Å²) >= 11 is 0. The number of unbranched alkanes of at least 4 members (excludes halogenated alkanes) is 1. The van der Waals surface area contributed by atoms with Crippen LogP contribution in [-0.2, 0) is 30.4 Å². The molecule has 0 bridgehead atoms. The van der Waals surface area contributed by atoms with Crippen molar-refractivity contribution in [3.8, 4) is 0 Å². The minimum absolute atomic E-state index is 0.0123. The second-order valence-corrected chi connectivity index (χ2v) is 20.4. The van der Waals surface area contributed by atoms with Crippen LogP contribution in [0.3, 0.4) is 0 Å². The topological polar surface area (TPSA) is 376 Å². The van der Waals surface area contributed by atoms with E-state index in [2.05, 4.69) is 30.8 Å². The van der Waals surface area contributed by atoms with Gasteiger partial charge in [-0.25, -0.2) is 19.2 Å². The molecule has 0 aliphatic carbocycles. The highest BCUT2D eigenvalue weighted by atomic mass is 16.4. The van der Waals surface area contributed by atoms with Gasteiger partial charge in [-0.3, -0.25) is 24.3 Å². The highest BCUT2D eigenvalue weighted by Crippen LogP contribution is 2.34. The number of anilines is 4. The number of urea groups is 1. The molecule has 1 aromatic heterocycles. The Morgan fingerprint density at radius 2 is 1.27 bits per heavy atom. The zero-order valence-electron chi connectivity index (χ0n) is 45.2. The Morgan fingerprint density at radius 1 is 0.718 bits per heavy atom. The maximum absolute atomic E-state index is 12.7. The first-order valence-electron chi connectivity index (χ1n) is 26.2. The third-order valence-corrected chi connectivity index (χ3v) is 13.2. The molecule has 432 valence electrons. The largest absolute Gasteiger partial charge is 0.511 e. The van der Waals surface area contributed by atoms with Crippen molar-refractivity contribution in [3.63, 3.8) is 0 Å². The lowest BCUT2D eigenvalue weighted by Crippen LogP contribution is -2.51. The number of benzene rings is 1. The highest BCUT2D eigenvalue weighted by molar-refractivity contribution is 5.87. The Hall–Kier alpha value is -7.29. The van der Waals surface area contributed by atoms with Crippen molar-refractivity contribution in [3.05, 3.63) is 65.3 Å². The van der Waals surface area contributed by atoms with Gasteiger partial charge in [-0.15, -0.1) is 0 Å². The van der Waals surface area contributed by atoms with E-state index in [-0.39, 0.29) is 55.8 Å². The summed E-state index contributed by atoms with van der Waals surface area (Å²) in [7, 11) is 5.67. The number of aliphatic hydroxyl groups is 4. The Morgan fingerprint density at radius 3 is 1.82 bits per heavy atom. The van der Waals surface area contributed by atoms with Gasteiger partial charge in [0.15, 0.2) is 0 Å². The van der Waals surface area contributed by atoms with Gasteiger partial charge >= 0.3 is 29.9 Å². The van der Waals surface area contributed by atoms with E-state index >= 15 is 0 Å². The number of aliphatic carboxylic acids is 4. The fourth-order valence-corrected chi connectivity index (χ4v) is 9.04. The first-order valence-corrected chi connectivity index (χ1v) is 26.2. The maximum atomic E-state index is 12.7. The predicted octanol–water partition coefficient (Wildman–Crippen LogP) is 3.43. The molecule has 3 amide bonds. The molecule has 2 aliphatic heterocycles. The van der Waals surface area contributed by atoms with E-state index in [1.54, 1.807) is 25.2 Å². The molecule has 4 rings (SSSR count). The third-order valence-electron chi connectivity index (χ3n) is 13.2. The average Bonchev–Trinajstić information content (AvgIpc) is 3.38. The summed E-state index contributed by atoms with van der Waals surface area (Å²) in [5.74, 6) is -5.25. The van der Waals surface area contributed by atoms with Crippen molar-refractivity contribution in [2.75, 3.05) is 89.0 Å². The standard InChI is InChI=1S/C52H80N12O14/c1-33(63(5)32-39(68)29-52(26-34(2)65)27-37(66)30-61(3)23-24-62(4)31-38(67)28-52)25-35-12-14-36(15-13-35)54-49-58-48(59-50(60-49)64-21-9-6-10-22-64)53-20-8-7-11-40(45(72)73)55-43(69)18-16-41(46(74)75)56-51(78)57-42(47(76)77)17-19-44(70)71/h12-15,27-29,33-34,40-42,65-68H,6-11,16-26,30-32H2,1-5H3,(H,55,69)(H,70,71)(H,72,73)(H,74,75)(H,76,77)(H2,56,57,78)(H2,53,54,58,59,60)/b37-27+,38-28?,39-29+/t33?,34?,40-,41-,42-,52?/m0/s1. The van der Waals surface area contributed by atoms with Crippen molar-refractivity contribution < 1.29 is 69.6 Å². The number of hydrogen-bond donors (Lipinski definition) is 13. The molecule has 13 N–H and O–H groups in total. The fourth-order valence-electron chi connectivity index (χ4n) is 9.04. The summed E-state index contributed by atoms with van der Waals surface area (Å²) in [6.45, 7) is 7.55. The molecule has 26 heteroatoms. The van der Waals surface area contributed by atoms with Gasteiger partial charge in [0.2, 0.25) is 23.8 Å². The number of amides is 3. The van der Waals surface area contributed by atoms with Crippen molar-refractivity contribution in [2.45, 2.75) is 121 Å². The molecular weight excluding hydrogens is 1020 g/mol. The van der Waals surface area contributed by atoms with Gasteiger partial charge in [0.1, 0.15) is 35.4 Å². The van der Waals surface area contributed by atoms with Crippen LogP contribution in [0.4, 0.5) is 28.3 Å². The van der Waals surface area contributed by atoms with E-state index < -0.39 is 91.1 Å². The lowest BCUT2D eigenvalue weighted by Gasteiger charge is -2.29. The summed E-state index contributed by atoms with van der Waals surface area (Å²) in [4.78, 5) is 93.2. The van der Waals surface area contributed by atoms with Crippen LogP contribution in [0.2, 0.25) is 0 Å². The number of nitrogens with zero attached hydrogens (tertiary/aromatic N) is 7. The number of piperidine rings is 1. The number of aromatic nitrogens is 3. The molecule has 0 saturated carbocycles. The van der Waals surface area contributed by atoms with Crippen LogP contribution in [0.25, 0.3) is 0 Å². The molecule has 2 aromatic rings. The van der Waals surface area contributed by atoms with Gasteiger partial charge in [-0.1, -0.05) is 12.1 Å². The number of carboxylic acids is 4. The number of carbonyl (C=O) groups is 6. The van der Waals surface area contributed by atoms with Gasteiger partial charge < -0.3 is 72.3 Å².